The molecule has 0 aliphatic carbocycles. The summed E-state index contributed by atoms with van der Waals surface area (Å²) in [7, 11) is 4.17. The zero-order valence-electron chi connectivity index (χ0n) is 19.8. The van der Waals surface area contributed by atoms with Crippen molar-refractivity contribution in [2.45, 2.75) is 38.6 Å². The van der Waals surface area contributed by atoms with Crippen LogP contribution in [-0.2, 0) is 4.79 Å². The van der Waals surface area contributed by atoms with Crippen molar-refractivity contribution in [2.24, 2.45) is 5.92 Å². The van der Waals surface area contributed by atoms with Gasteiger partial charge < -0.3 is 14.7 Å². The van der Waals surface area contributed by atoms with Crippen LogP contribution < -0.4 is 4.90 Å². The van der Waals surface area contributed by atoms with Gasteiger partial charge >= 0.3 is 0 Å². The molecule has 0 unspecified atom stereocenters. The van der Waals surface area contributed by atoms with Gasteiger partial charge in [-0.15, -0.1) is 11.3 Å². The first kappa shape index (κ1) is 22.3. The number of carbonyl (C=O) groups is 1. The Balaban J connectivity index is 1.30. The van der Waals surface area contributed by atoms with Crippen molar-refractivity contribution in [1.82, 2.24) is 19.8 Å². The molecule has 2 aromatic heterocycles. The Morgan fingerprint density at radius 1 is 1.03 bits per heavy atom. The fraction of sp³-hybridized carbons (Fsp3) is 0.500. The second-order valence-corrected chi connectivity index (χ2v) is 10.6. The first-order valence-electron chi connectivity index (χ1n) is 12.0. The molecule has 3 aromatic rings. The van der Waals surface area contributed by atoms with Gasteiger partial charge in [-0.2, -0.15) is 0 Å². The van der Waals surface area contributed by atoms with Crippen LogP contribution in [0, 0.1) is 12.8 Å². The predicted molar refractivity (Wildman–Crippen MR) is 136 cm³/mol. The molecule has 0 radical (unpaired) electrons. The number of anilines is 1. The molecule has 1 aromatic carbocycles. The molecule has 0 atom stereocenters. The second kappa shape index (κ2) is 9.39. The third kappa shape index (κ3) is 4.62. The van der Waals surface area contributed by atoms with Crippen molar-refractivity contribution >= 4 is 33.3 Å². The van der Waals surface area contributed by atoms with Crippen molar-refractivity contribution in [3.05, 3.63) is 42.2 Å². The van der Waals surface area contributed by atoms with Crippen molar-refractivity contribution in [3.8, 4) is 10.4 Å². The summed E-state index contributed by atoms with van der Waals surface area (Å²) in [6.45, 7) is 5.85. The van der Waals surface area contributed by atoms with Crippen LogP contribution in [0.25, 0.3) is 20.7 Å². The summed E-state index contributed by atoms with van der Waals surface area (Å²) in [6, 6.07) is 13.1. The predicted octanol–water partition coefficient (Wildman–Crippen LogP) is 4.44. The summed E-state index contributed by atoms with van der Waals surface area (Å²) in [6.07, 6.45) is 3.93. The molecule has 2 aliphatic rings. The number of piperidine rings is 2. The number of carbonyl (C=O) groups excluding carboxylic acids is 1. The lowest BCUT2D eigenvalue weighted by Crippen LogP contribution is -2.48. The first-order valence-corrected chi connectivity index (χ1v) is 12.8. The number of nitrogens with zero attached hydrogens (tertiary/aromatic N) is 5. The molecule has 0 bridgehead atoms. The molecular formula is C26H33N5OS. The largest absolute Gasteiger partial charge is 0.356 e. The Morgan fingerprint density at radius 3 is 2.42 bits per heavy atom. The highest BCUT2D eigenvalue weighted by Crippen LogP contribution is 2.37. The van der Waals surface area contributed by atoms with E-state index in [2.05, 4.69) is 47.2 Å². The number of rotatable bonds is 4. The first-order chi connectivity index (χ1) is 16.0. The Kier molecular flexibility index (Phi) is 6.34. The van der Waals surface area contributed by atoms with Crippen LogP contribution in [-0.4, -0.2) is 72.0 Å². The Hall–Kier alpha value is -2.51. The molecule has 33 heavy (non-hydrogen) atoms. The molecule has 2 saturated heterocycles. The Bertz CT molecular complexity index is 1110. The summed E-state index contributed by atoms with van der Waals surface area (Å²) in [5.74, 6) is 2.27. The third-order valence-electron chi connectivity index (χ3n) is 7.27. The zero-order chi connectivity index (χ0) is 22.9. The summed E-state index contributed by atoms with van der Waals surface area (Å²) < 4.78 is 0. The van der Waals surface area contributed by atoms with Crippen LogP contribution in [0.15, 0.2) is 36.4 Å². The topological polar surface area (TPSA) is 52.6 Å². The average molecular weight is 464 g/mol. The summed E-state index contributed by atoms with van der Waals surface area (Å²) in [5, 5.41) is 1.12. The van der Waals surface area contributed by atoms with Crippen LogP contribution in [0.1, 0.15) is 31.5 Å². The molecule has 1 amide bonds. The quantitative estimate of drug-likeness (QED) is 0.573. The maximum Gasteiger partial charge on any atom is 0.225 e. The van der Waals surface area contributed by atoms with Gasteiger partial charge in [0.1, 0.15) is 16.5 Å². The Labute approximate surface area is 200 Å². The molecule has 2 fully saturated rings. The molecule has 6 nitrogen and oxygen atoms in total. The molecule has 174 valence electrons. The minimum atomic E-state index is 0.117. The van der Waals surface area contributed by atoms with E-state index in [1.165, 1.54) is 10.4 Å². The zero-order valence-corrected chi connectivity index (χ0v) is 20.6. The molecule has 0 saturated carbocycles. The summed E-state index contributed by atoms with van der Waals surface area (Å²) in [5.41, 5.74) is 1.21. The van der Waals surface area contributed by atoms with E-state index in [9.17, 15) is 4.79 Å². The van der Waals surface area contributed by atoms with E-state index in [1.807, 2.05) is 24.9 Å². The average Bonchev–Trinajstić information content (AvgIpc) is 3.28. The second-order valence-electron chi connectivity index (χ2n) is 9.53. The highest BCUT2D eigenvalue weighted by Gasteiger charge is 2.32. The van der Waals surface area contributed by atoms with Gasteiger partial charge in [-0.1, -0.05) is 30.3 Å². The van der Waals surface area contributed by atoms with Gasteiger partial charge in [0.2, 0.25) is 5.91 Å². The lowest BCUT2D eigenvalue weighted by atomic mass is 9.93. The minimum absolute atomic E-state index is 0.117. The van der Waals surface area contributed by atoms with Crippen molar-refractivity contribution < 1.29 is 4.79 Å². The molecule has 0 N–H and O–H groups in total. The van der Waals surface area contributed by atoms with Gasteiger partial charge in [-0.25, -0.2) is 9.97 Å². The van der Waals surface area contributed by atoms with Gasteiger partial charge in [-0.3, -0.25) is 4.79 Å². The van der Waals surface area contributed by atoms with Crippen LogP contribution in [0.4, 0.5) is 5.82 Å². The number of hydrogen-bond acceptors (Lipinski definition) is 6. The number of aromatic nitrogens is 2. The highest BCUT2D eigenvalue weighted by molar-refractivity contribution is 7.21. The van der Waals surface area contributed by atoms with Crippen LogP contribution >= 0.6 is 11.3 Å². The number of amides is 1. The van der Waals surface area contributed by atoms with Gasteiger partial charge in [0.15, 0.2) is 0 Å². The van der Waals surface area contributed by atoms with Crippen LogP contribution in [0.2, 0.25) is 0 Å². The van der Waals surface area contributed by atoms with Gasteiger partial charge in [0.25, 0.3) is 0 Å². The minimum Gasteiger partial charge on any atom is -0.356 e. The van der Waals surface area contributed by atoms with E-state index in [4.69, 9.17) is 9.97 Å². The lowest BCUT2D eigenvalue weighted by Gasteiger charge is -2.39. The highest BCUT2D eigenvalue weighted by atomic mass is 32.1. The molecule has 7 heteroatoms. The maximum absolute atomic E-state index is 13.2. The molecule has 4 heterocycles. The maximum atomic E-state index is 13.2. The van der Waals surface area contributed by atoms with Crippen LogP contribution in [0.5, 0.6) is 0 Å². The normalized spacial score (nSPS) is 18.7. The number of benzene rings is 1. The van der Waals surface area contributed by atoms with Crippen molar-refractivity contribution in [2.75, 3.05) is 45.2 Å². The van der Waals surface area contributed by atoms with E-state index in [-0.39, 0.29) is 5.92 Å². The summed E-state index contributed by atoms with van der Waals surface area (Å²) in [4.78, 5) is 31.8. The van der Waals surface area contributed by atoms with Crippen LogP contribution in [0.3, 0.4) is 0 Å². The number of fused-ring (bicyclic) bond motifs is 1. The SMILES string of the molecule is Cc1nc(N2CCC(C(=O)N(C)C3CCN(C)CC3)CC2)c2cc(-c3ccccc3)sc2n1. The van der Waals surface area contributed by atoms with Crippen molar-refractivity contribution in [3.63, 3.8) is 0 Å². The summed E-state index contributed by atoms with van der Waals surface area (Å²) >= 11 is 1.73. The molecular weight excluding hydrogens is 430 g/mol. The Morgan fingerprint density at radius 2 is 1.73 bits per heavy atom. The van der Waals surface area contributed by atoms with E-state index in [0.29, 0.717) is 11.9 Å². The van der Waals surface area contributed by atoms with E-state index >= 15 is 0 Å². The molecule has 0 spiro atoms. The van der Waals surface area contributed by atoms with Gasteiger partial charge in [0.05, 0.1) is 5.39 Å². The number of aryl methyl sites for hydroxylation is 1. The fourth-order valence-corrected chi connectivity index (χ4v) is 6.26. The van der Waals surface area contributed by atoms with Gasteiger partial charge in [0, 0.05) is 37.0 Å². The molecule has 5 rings (SSSR count). The fourth-order valence-electron chi connectivity index (χ4n) is 5.18. The van der Waals surface area contributed by atoms with Gasteiger partial charge in [-0.05, 0) is 64.4 Å². The number of thiophene rings is 1. The number of likely N-dealkylation sites (tertiary alicyclic amines) is 1. The van der Waals surface area contributed by atoms with E-state index in [1.54, 1.807) is 11.3 Å². The third-order valence-corrected chi connectivity index (χ3v) is 8.35. The van der Waals surface area contributed by atoms with E-state index < -0.39 is 0 Å². The van der Waals surface area contributed by atoms with Crippen molar-refractivity contribution in [1.29, 1.82) is 0 Å². The smallest absolute Gasteiger partial charge is 0.225 e. The monoisotopic (exact) mass is 463 g/mol. The standard InChI is InChI=1S/C26H33N5OS/c1-18-27-24(22-17-23(33-25(22)28-18)19-7-5-4-6-8-19)31-15-9-20(10-16-31)26(32)30(3)21-11-13-29(2)14-12-21/h4-8,17,20-21H,9-16H2,1-3H3. The van der Waals surface area contributed by atoms with E-state index in [0.717, 1.165) is 73.7 Å². The lowest BCUT2D eigenvalue weighted by molar-refractivity contribution is -0.137. The number of hydrogen-bond donors (Lipinski definition) is 0. The molecule has 2 aliphatic heterocycles.